The lowest BCUT2D eigenvalue weighted by molar-refractivity contribution is 0.513. The predicted molar refractivity (Wildman–Crippen MR) is 70.9 cm³/mol. The molecule has 4 heteroatoms. The lowest BCUT2D eigenvalue weighted by Crippen LogP contribution is -2.23. The smallest absolute Gasteiger partial charge is 0.408 e. The quantitative estimate of drug-likeness (QED) is 0.900. The zero-order chi connectivity index (χ0) is 12.5. The fourth-order valence-corrected chi connectivity index (χ4v) is 2.75. The highest BCUT2D eigenvalue weighted by Gasteiger charge is 2.15. The number of nitrogens with one attached hydrogen (secondary N) is 1. The van der Waals surface area contributed by atoms with E-state index in [0.29, 0.717) is 18.2 Å². The first-order valence-electron chi connectivity index (χ1n) is 6.63. The van der Waals surface area contributed by atoms with Gasteiger partial charge in [-0.2, -0.15) is 0 Å². The van der Waals surface area contributed by atoms with E-state index in [1.807, 2.05) is 13.0 Å². The summed E-state index contributed by atoms with van der Waals surface area (Å²) in [6.45, 7) is 3.73. The molecule has 0 spiro atoms. The minimum Gasteiger partial charge on any atom is -0.408 e. The SMILES string of the molecule is CCn1c(=O)oc2ccc(CC3CCCN3)cc21. The fraction of sp³-hybridized carbons (Fsp3) is 0.500. The normalized spacial score (nSPS) is 19.7. The van der Waals surface area contributed by atoms with Crippen molar-refractivity contribution in [1.29, 1.82) is 0 Å². The van der Waals surface area contributed by atoms with Crippen LogP contribution < -0.4 is 11.1 Å². The average Bonchev–Trinajstić information content (AvgIpc) is 2.95. The summed E-state index contributed by atoms with van der Waals surface area (Å²) in [5, 5.41) is 3.49. The minimum atomic E-state index is -0.261. The van der Waals surface area contributed by atoms with Gasteiger partial charge in [0.1, 0.15) is 0 Å². The van der Waals surface area contributed by atoms with Crippen molar-refractivity contribution in [2.24, 2.45) is 0 Å². The van der Waals surface area contributed by atoms with Gasteiger partial charge in [0.15, 0.2) is 5.58 Å². The Morgan fingerprint density at radius 3 is 3.11 bits per heavy atom. The van der Waals surface area contributed by atoms with Crippen molar-refractivity contribution in [3.63, 3.8) is 0 Å². The Balaban J connectivity index is 1.96. The second kappa shape index (κ2) is 4.61. The van der Waals surface area contributed by atoms with Gasteiger partial charge in [-0.05, 0) is 50.4 Å². The van der Waals surface area contributed by atoms with Crippen LogP contribution in [0.4, 0.5) is 0 Å². The molecule has 4 nitrogen and oxygen atoms in total. The molecule has 1 aliphatic heterocycles. The lowest BCUT2D eigenvalue weighted by atomic mass is 10.0. The number of benzene rings is 1. The zero-order valence-electron chi connectivity index (χ0n) is 10.6. The number of nitrogens with zero attached hydrogens (tertiary/aromatic N) is 1. The van der Waals surface area contributed by atoms with Crippen molar-refractivity contribution in [2.75, 3.05) is 6.54 Å². The molecule has 0 saturated carbocycles. The Bertz CT molecular complexity index is 606. The monoisotopic (exact) mass is 246 g/mol. The van der Waals surface area contributed by atoms with Crippen molar-refractivity contribution in [1.82, 2.24) is 9.88 Å². The summed E-state index contributed by atoms with van der Waals surface area (Å²) >= 11 is 0. The topological polar surface area (TPSA) is 47.2 Å². The number of aromatic nitrogens is 1. The summed E-state index contributed by atoms with van der Waals surface area (Å²) in [6.07, 6.45) is 3.53. The molecule has 1 aliphatic rings. The third-order valence-electron chi connectivity index (χ3n) is 3.69. The summed E-state index contributed by atoms with van der Waals surface area (Å²) in [6, 6.07) is 6.64. The van der Waals surface area contributed by atoms with E-state index < -0.39 is 0 Å². The lowest BCUT2D eigenvalue weighted by Gasteiger charge is -2.09. The molecule has 1 fully saturated rings. The predicted octanol–water partition coefficient (Wildman–Crippen LogP) is 1.91. The summed E-state index contributed by atoms with van der Waals surface area (Å²) in [7, 11) is 0. The highest BCUT2D eigenvalue weighted by Crippen LogP contribution is 2.18. The second-order valence-corrected chi connectivity index (χ2v) is 4.91. The highest BCUT2D eigenvalue weighted by molar-refractivity contribution is 5.73. The van der Waals surface area contributed by atoms with Crippen LogP contribution in [0.1, 0.15) is 25.3 Å². The van der Waals surface area contributed by atoms with Crippen LogP contribution in [0.5, 0.6) is 0 Å². The van der Waals surface area contributed by atoms with Gasteiger partial charge in [-0.3, -0.25) is 4.57 Å². The molecule has 1 saturated heterocycles. The average molecular weight is 246 g/mol. The maximum Gasteiger partial charge on any atom is 0.419 e. The van der Waals surface area contributed by atoms with E-state index in [1.54, 1.807) is 4.57 Å². The molecule has 0 aliphatic carbocycles. The first-order chi connectivity index (χ1) is 8.78. The number of hydrogen-bond donors (Lipinski definition) is 1. The Hall–Kier alpha value is -1.55. The Morgan fingerprint density at radius 2 is 2.39 bits per heavy atom. The second-order valence-electron chi connectivity index (χ2n) is 4.91. The van der Waals surface area contributed by atoms with Gasteiger partial charge >= 0.3 is 5.76 Å². The van der Waals surface area contributed by atoms with Crippen molar-refractivity contribution in [2.45, 2.75) is 38.8 Å². The number of oxazole rings is 1. The Kier molecular flexibility index (Phi) is 2.96. The molecule has 0 radical (unpaired) electrons. The van der Waals surface area contributed by atoms with E-state index in [2.05, 4.69) is 17.4 Å². The molecule has 96 valence electrons. The zero-order valence-corrected chi connectivity index (χ0v) is 10.6. The molecular formula is C14H18N2O2. The molecule has 2 aromatic rings. The largest absolute Gasteiger partial charge is 0.419 e. The van der Waals surface area contributed by atoms with E-state index in [4.69, 9.17) is 4.42 Å². The summed E-state index contributed by atoms with van der Waals surface area (Å²) < 4.78 is 6.89. The van der Waals surface area contributed by atoms with Gasteiger partial charge in [0.2, 0.25) is 0 Å². The third-order valence-corrected chi connectivity index (χ3v) is 3.69. The first-order valence-corrected chi connectivity index (χ1v) is 6.63. The van der Waals surface area contributed by atoms with E-state index in [-0.39, 0.29) is 5.76 Å². The van der Waals surface area contributed by atoms with Crippen molar-refractivity contribution in [3.05, 3.63) is 34.3 Å². The van der Waals surface area contributed by atoms with Crippen molar-refractivity contribution in [3.8, 4) is 0 Å². The molecule has 18 heavy (non-hydrogen) atoms. The van der Waals surface area contributed by atoms with E-state index >= 15 is 0 Å². The van der Waals surface area contributed by atoms with Crippen LogP contribution in [-0.2, 0) is 13.0 Å². The standard InChI is InChI=1S/C14H18N2O2/c1-2-16-12-9-10(8-11-4-3-7-15-11)5-6-13(12)18-14(16)17/h5-6,9,11,15H,2-4,7-8H2,1H3. The Morgan fingerprint density at radius 1 is 1.50 bits per heavy atom. The Labute approximate surface area is 106 Å². The van der Waals surface area contributed by atoms with Crippen LogP contribution >= 0.6 is 0 Å². The minimum absolute atomic E-state index is 0.261. The highest BCUT2D eigenvalue weighted by atomic mass is 16.4. The van der Waals surface area contributed by atoms with Gasteiger partial charge in [-0.15, -0.1) is 0 Å². The molecule has 1 aromatic heterocycles. The molecule has 0 amide bonds. The molecule has 2 heterocycles. The number of aryl methyl sites for hydroxylation is 1. The molecule has 1 aromatic carbocycles. The van der Waals surface area contributed by atoms with Crippen LogP contribution in [0.15, 0.2) is 27.4 Å². The van der Waals surface area contributed by atoms with E-state index in [9.17, 15) is 4.79 Å². The van der Waals surface area contributed by atoms with Crippen molar-refractivity contribution >= 4 is 11.1 Å². The first kappa shape index (κ1) is 11.5. The van der Waals surface area contributed by atoms with Crippen LogP contribution in [0.25, 0.3) is 11.1 Å². The summed E-state index contributed by atoms with van der Waals surface area (Å²) in [4.78, 5) is 11.6. The van der Waals surface area contributed by atoms with Gasteiger partial charge in [0.05, 0.1) is 5.52 Å². The number of hydrogen-bond acceptors (Lipinski definition) is 3. The molecule has 1 atom stereocenters. The van der Waals surface area contributed by atoms with Crippen molar-refractivity contribution < 1.29 is 4.42 Å². The molecular weight excluding hydrogens is 228 g/mol. The van der Waals surface area contributed by atoms with Gasteiger partial charge in [-0.1, -0.05) is 6.07 Å². The fourth-order valence-electron chi connectivity index (χ4n) is 2.75. The molecule has 0 bridgehead atoms. The molecule has 1 unspecified atom stereocenters. The van der Waals surface area contributed by atoms with Gasteiger partial charge in [0.25, 0.3) is 0 Å². The van der Waals surface area contributed by atoms with Crippen LogP contribution in [0, 0.1) is 0 Å². The maximum absolute atomic E-state index is 11.6. The van der Waals surface area contributed by atoms with Crippen LogP contribution in [0.2, 0.25) is 0 Å². The number of rotatable bonds is 3. The van der Waals surface area contributed by atoms with Crippen LogP contribution in [0.3, 0.4) is 0 Å². The third kappa shape index (κ3) is 1.97. The molecule has 1 N–H and O–H groups in total. The number of fused-ring (bicyclic) bond motifs is 1. The van der Waals surface area contributed by atoms with Crippen LogP contribution in [-0.4, -0.2) is 17.2 Å². The van der Waals surface area contributed by atoms with Gasteiger partial charge in [0, 0.05) is 12.6 Å². The van der Waals surface area contributed by atoms with E-state index in [1.165, 1.54) is 18.4 Å². The summed E-state index contributed by atoms with van der Waals surface area (Å²) in [5.74, 6) is -0.261. The molecule has 3 rings (SSSR count). The maximum atomic E-state index is 11.6. The van der Waals surface area contributed by atoms with Gasteiger partial charge in [-0.25, -0.2) is 4.79 Å². The van der Waals surface area contributed by atoms with E-state index in [0.717, 1.165) is 18.5 Å². The van der Waals surface area contributed by atoms with Gasteiger partial charge < -0.3 is 9.73 Å². The summed E-state index contributed by atoms with van der Waals surface area (Å²) in [5.41, 5.74) is 2.87.